The van der Waals surface area contributed by atoms with E-state index in [9.17, 15) is 5.11 Å². The molecule has 5 heteroatoms. The molecule has 4 nitrogen and oxygen atoms in total. The Bertz CT molecular complexity index is 373. The van der Waals surface area contributed by atoms with Crippen LogP contribution in [0.4, 0.5) is 11.4 Å². The molecule has 0 bridgehead atoms. The second-order valence-electron chi connectivity index (χ2n) is 3.91. The van der Waals surface area contributed by atoms with Crippen LogP contribution in [0.15, 0.2) is 22.7 Å². The fourth-order valence-corrected chi connectivity index (χ4v) is 2.11. The lowest BCUT2D eigenvalue weighted by Crippen LogP contribution is -2.42. The Kier molecular flexibility index (Phi) is 3.68. The summed E-state index contributed by atoms with van der Waals surface area (Å²) >= 11 is 3.35. The van der Waals surface area contributed by atoms with Crippen LogP contribution in [-0.2, 0) is 4.74 Å². The van der Waals surface area contributed by atoms with E-state index < -0.39 is 0 Å². The van der Waals surface area contributed by atoms with E-state index in [1.54, 1.807) is 0 Å². The topological polar surface area (TPSA) is 67.5 Å². The van der Waals surface area contributed by atoms with Crippen LogP contribution in [0.1, 0.15) is 6.42 Å². The first kappa shape index (κ1) is 11.7. The van der Waals surface area contributed by atoms with Gasteiger partial charge in [-0.05, 0) is 24.6 Å². The van der Waals surface area contributed by atoms with E-state index in [-0.39, 0.29) is 12.1 Å². The van der Waals surface area contributed by atoms with Gasteiger partial charge in [0.1, 0.15) is 0 Å². The zero-order valence-corrected chi connectivity index (χ0v) is 10.4. The molecule has 0 saturated carbocycles. The molecule has 1 aliphatic heterocycles. The molecule has 1 saturated heterocycles. The second-order valence-corrected chi connectivity index (χ2v) is 4.83. The summed E-state index contributed by atoms with van der Waals surface area (Å²) in [5.41, 5.74) is 7.36. The maximum Gasteiger partial charge on any atom is 0.0785 e. The number of hydrogen-bond donors (Lipinski definition) is 3. The highest BCUT2D eigenvalue weighted by atomic mass is 79.9. The molecular weight excluding hydrogens is 272 g/mol. The number of halogens is 1. The van der Waals surface area contributed by atoms with E-state index >= 15 is 0 Å². The predicted octanol–water partition coefficient (Wildman–Crippen LogP) is 1.59. The van der Waals surface area contributed by atoms with Gasteiger partial charge in [-0.1, -0.05) is 15.9 Å². The molecule has 0 aliphatic carbocycles. The van der Waals surface area contributed by atoms with Crippen LogP contribution in [0, 0.1) is 0 Å². The SMILES string of the molecule is Nc1cc(Br)ccc1N[C@H]1COCC[C@@H]1O. The molecule has 0 spiro atoms. The summed E-state index contributed by atoms with van der Waals surface area (Å²) in [6.07, 6.45) is 0.283. The lowest BCUT2D eigenvalue weighted by Gasteiger charge is -2.29. The summed E-state index contributed by atoms with van der Waals surface area (Å²) in [5, 5.41) is 13.0. The van der Waals surface area contributed by atoms with Crippen LogP contribution in [0.25, 0.3) is 0 Å². The van der Waals surface area contributed by atoms with Crippen molar-refractivity contribution in [1.82, 2.24) is 0 Å². The smallest absolute Gasteiger partial charge is 0.0785 e. The molecule has 2 atom stereocenters. The molecule has 1 aliphatic rings. The molecule has 1 heterocycles. The second kappa shape index (κ2) is 5.03. The van der Waals surface area contributed by atoms with Gasteiger partial charge in [-0.2, -0.15) is 0 Å². The summed E-state index contributed by atoms with van der Waals surface area (Å²) < 4.78 is 6.26. The van der Waals surface area contributed by atoms with Gasteiger partial charge in [-0.25, -0.2) is 0 Å². The van der Waals surface area contributed by atoms with E-state index in [4.69, 9.17) is 10.5 Å². The summed E-state index contributed by atoms with van der Waals surface area (Å²) in [4.78, 5) is 0. The monoisotopic (exact) mass is 286 g/mol. The zero-order valence-electron chi connectivity index (χ0n) is 8.82. The molecule has 1 fully saturated rings. The largest absolute Gasteiger partial charge is 0.397 e. The van der Waals surface area contributed by atoms with Crippen LogP contribution in [0.2, 0.25) is 0 Å². The van der Waals surface area contributed by atoms with Crippen LogP contribution in [-0.4, -0.2) is 30.5 Å². The lowest BCUT2D eigenvalue weighted by atomic mass is 10.1. The molecule has 2 rings (SSSR count). The Balaban J connectivity index is 2.07. The minimum atomic E-state index is -0.378. The van der Waals surface area contributed by atoms with Gasteiger partial charge in [0.15, 0.2) is 0 Å². The van der Waals surface area contributed by atoms with E-state index in [1.807, 2.05) is 18.2 Å². The standard InChI is InChI=1S/C11H15BrN2O2/c12-7-1-2-9(8(13)5-7)14-10-6-16-4-3-11(10)15/h1-2,5,10-11,14-15H,3-4,6,13H2/t10-,11-/m0/s1. The van der Waals surface area contributed by atoms with Gasteiger partial charge in [-0.15, -0.1) is 0 Å². The third kappa shape index (κ3) is 2.66. The quantitative estimate of drug-likeness (QED) is 0.723. The molecule has 1 aromatic carbocycles. The number of benzene rings is 1. The molecule has 0 radical (unpaired) electrons. The summed E-state index contributed by atoms with van der Waals surface area (Å²) in [6, 6.07) is 5.55. The molecule has 0 unspecified atom stereocenters. The van der Waals surface area contributed by atoms with Gasteiger partial charge in [0.25, 0.3) is 0 Å². The van der Waals surface area contributed by atoms with Crippen molar-refractivity contribution in [2.75, 3.05) is 24.3 Å². The van der Waals surface area contributed by atoms with E-state index in [1.165, 1.54) is 0 Å². The Morgan fingerprint density at radius 3 is 3.00 bits per heavy atom. The van der Waals surface area contributed by atoms with Gasteiger partial charge in [0, 0.05) is 11.1 Å². The Morgan fingerprint density at radius 2 is 2.31 bits per heavy atom. The number of aliphatic hydroxyl groups is 1. The molecule has 0 amide bonds. The number of aliphatic hydroxyl groups excluding tert-OH is 1. The van der Waals surface area contributed by atoms with Gasteiger partial charge in [0.05, 0.1) is 30.1 Å². The van der Waals surface area contributed by atoms with Gasteiger partial charge in [-0.3, -0.25) is 0 Å². The fourth-order valence-electron chi connectivity index (χ4n) is 1.73. The van der Waals surface area contributed by atoms with Crippen LogP contribution in [0.5, 0.6) is 0 Å². The van der Waals surface area contributed by atoms with Crippen molar-refractivity contribution in [2.24, 2.45) is 0 Å². The highest BCUT2D eigenvalue weighted by Gasteiger charge is 2.23. The lowest BCUT2D eigenvalue weighted by molar-refractivity contribution is 0.00318. The van der Waals surface area contributed by atoms with E-state index in [0.29, 0.717) is 25.3 Å². The molecule has 88 valence electrons. The number of nitrogens with two attached hydrogens (primary N) is 1. The van der Waals surface area contributed by atoms with Crippen molar-refractivity contribution >= 4 is 27.3 Å². The van der Waals surface area contributed by atoms with Gasteiger partial charge >= 0.3 is 0 Å². The number of nitrogen functional groups attached to an aromatic ring is 1. The Hall–Kier alpha value is -0.780. The van der Waals surface area contributed by atoms with Crippen molar-refractivity contribution in [3.63, 3.8) is 0 Å². The molecule has 0 aromatic heterocycles. The van der Waals surface area contributed by atoms with E-state index in [2.05, 4.69) is 21.2 Å². The first-order valence-corrected chi connectivity index (χ1v) is 6.03. The summed E-state index contributed by atoms with van der Waals surface area (Å²) in [5.74, 6) is 0. The average molecular weight is 287 g/mol. The third-order valence-electron chi connectivity index (χ3n) is 2.67. The third-order valence-corrected chi connectivity index (χ3v) is 3.17. The highest BCUT2D eigenvalue weighted by Crippen LogP contribution is 2.25. The van der Waals surface area contributed by atoms with Crippen LogP contribution < -0.4 is 11.1 Å². The number of ether oxygens (including phenoxy) is 1. The Morgan fingerprint density at radius 1 is 1.50 bits per heavy atom. The summed E-state index contributed by atoms with van der Waals surface area (Å²) in [6.45, 7) is 1.13. The maximum atomic E-state index is 9.78. The number of nitrogens with one attached hydrogen (secondary N) is 1. The minimum absolute atomic E-state index is 0.0859. The highest BCUT2D eigenvalue weighted by molar-refractivity contribution is 9.10. The normalized spacial score (nSPS) is 25.4. The predicted molar refractivity (Wildman–Crippen MR) is 67.4 cm³/mol. The minimum Gasteiger partial charge on any atom is -0.397 e. The van der Waals surface area contributed by atoms with Crippen LogP contribution in [0.3, 0.4) is 0 Å². The molecular formula is C11H15BrN2O2. The molecule has 4 N–H and O–H groups in total. The van der Waals surface area contributed by atoms with Crippen molar-refractivity contribution < 1.29 is 9.84 Å². The number of hydrogen-bond acceptors (Lipinski definition) is 4. The van der Waals surface area contributed by atoms with E-state index in [0.717, 1.165) is 10.2 Å². The zero-order chi connectivity index (χ0) is 11.5. The number of anilines is 2. The molecule has 16 heavy (non-hydrogen) atoms. The van der Waals surface area contributed by atoms with Crippen LogP contribution >= 0.6 is 15.9 Å². The van der Waals surface area contributed by atoms with Crippen molar-refractivity contribution in [2.45, 2.75) is 18.6 Å². The fraction of sp³-hybridized carbons (Fsp3) is 0.455. The van der Waals surface area contributed by atoms with Crippen molar-refractivity contribution in [3.05, 3.63) is 22.7 Å². The average Bonchev–Trinajstić information content (AvgIpc) is 2.25. The van der Waals surface area contributed by atoms with Crippen molar-refractivity contribution in [1.29, 1.82) is 0 Å². The van der Waals surface area contributed by atoms with Gasteiger partial charge in [0.2, 0.25) is 0 Å². The van der Waals surface area contributed by atoms with Crippen molar-refractivity contribution in [3.8, 4) is 0 Å². The first-order chi connectivity index (χ1) is 7.66. The van der Waals surface area contributed by atoms with Gasteiger partial charge < -0.3 is 20.9 Å². The molecule has 1 aromatic rings. The Labute approximate surface area is 103 Å². The first-order valence-electron chi connectivity index (χ1n) is 5.24. The summed E-state index contributed by atoms with van der Waals surface area (Å²) in [7, 11) is 0. The maximum absolute atomic E-state index is 9.78. The number of rotatable bonds is 2.